The Morgan fingerprint density at radius 3 is 2.07 bits per heavy atom. The monoisotopic (exact) mass is 389 g/mol. The first-order valence-corrected chi connectivity index (χ1v) is 9.43. The van der Waals surface area contributed by atoms with E-state index < -0.39 is 5.97 Å². The molecule has 5 nitrogen and oxygen atoms in total. The van der Waals surface area contributed by atoms with E-state index in [9.17, 15) is 9.59 Å². The molecule has 0 saturated carbocycles. The third-order valence-electron chi connectivity index (χ3n) is 4.32. The van der Waals surface area contributed by atoms with Crippen LogP contribution in [-0.4, -0.2) is 18.5 Å². The van der Waals surface area contributed by atoms with Gasteiger partial charge >= 0.3 is 5.97 Å². The lowest BCUT2D eigenvalue weighted by Gasteiger charge is -2.12. The zero-order chi connectivity index (χ0) is 20.5. The predicted octanol–water partition coefficient (Wildman–Crippen LogP) is 5.15. The van der Waals surface area contributed by atoms with Crippen LogP contribution in [0.1, 0.15) is 24.8 Å². The number of ether oxygens (including phenoxy) is 2. The SMILES string of the molecule is C[C@H](CC(=O)OCC(=O)Nc1ccc(Oc2ccccc2)cc1)c1ccccc1. The molecule has 0 aromatic heterocycles. The number of carbonyl (C=O) groups is 2. The highest BCUT2D eigenvalue weighted by Crippen LogP contribution is 2.22. The average Bonchev–Trinajstić information content (AvgIpc) is 2.75. The molecule has 1 N–H and O–H groups in total. The van der Waals surface area contributed by atoms with Gasteiger partial charge < -0.3 is 14.8 Å². The maximum atomic E-state index is 12.0. The van der Waals surface area contributed by atoms with E-state index in [1.54, 1.807) is 24.3 Å². The predicted molar refractivity (Wildman–Crippen MR) is 112 cm³/mol. The summed E-state index contributed by atoms with van der Waals surface area (Å²) < 4.78 is 10.8. The van der Waals surface area contributed by atoms with Gasteiger partial charge in [-0.2, -0.15) is 0 Å². The van der Waals surface area contributed by atoms with Gasteiger partial charge in [0, 0.05) is 5.69 Å². The molecule has 0 aliphatic carbocycles. The van der Waals surface area contributed by atoms with Crippen LogP contribution in [0.15, 0.2) is 84.9 Å². The summed E-state index contributed by atoms with van der Waals surface area (Å²) in [4.78, 5) is 24.0. The first-order chi connectivity index (χ1) is 14.1. The highest BCUT2D eigenvalue weighted by molar-refractivity contribution is 5.92. The molecule has 148 valence electrons. The van der Waals surface area contributed by atoms with Gasteiger partial charge in [0.15, 0.2) is 6.61 Å². The largest absolute Gasteiger partial charge is 0.457 e. The second-order valence-corrected chi connectivity index (χ2v) is 6.66. The molecule has 29 heavy (non-hydrogen) atoms. The molecule has 5 heteroatoms. The molecule has 0 bridgehead atoms. The molecule has 0 radical (unpaired) electrons. The Morgan fingerprint density at radius 1 is 0.828 bits per heavy atom. The lowest BCUT2D eigenvalue weighted by Crippen LogP contribution is -2.21. The van der Waals surface area contributed by atoms with Crippen molar-refractivity contribution in [3.8, 4) is 11.5 Å². The van der Waals surface area contributed by atoms with E-state index in [4.69, 9.17) is 9.47 Å². The van der Waals surface area contributed by atoms with Crippen molar-refractivity contribution in [3.63, 3.8) is 0 Å². The molecule has 0 heterocycles. The summed E-state index contributed by atoms with van der Waals surface area (Å²) in [6, 6.07) is 26.1. The van der Waals surface area contributed by atoms with Crippen molar-refractivity contribution < 1.29 is 19.1 Å². The molecule has 0 fully saturated rings. The van der Waals surface area contributed by atoms with E-state index >= 15 is 0 Å². The van der Waals surface area contributed by atoms with Crippen LogP contribution in [0.25, 0.3) is 0 Å². The van der Waals surface area contributed by atoms with Crippen LogP contribution in [0.5, 0.6) is 11.5 Å². The summed E-state index contributed by atoms with van der Waals surface area (Å²) in [6.07, 6.45) is 0.225. The van der Waals surface area contributed by atoms with Gasteiger partial charge in [-0.25, -0.2) is 0 Å². The Morgan fingerprint density at radius 2 is 1.41 bits per heavy atom. The highest BCUT2D eigenvalue weighted by Gasteiger charge is 2.14. The van der Waals surface area contributed by atoms with E-state index in [1.165, 1.54) is 0 Å². The van der Waals surface area contributed by atoms with Gasteiger partial charge in [-0.1, -0.05) is 55.5 Å². The summed E-state index contributed by atoms with van der Waals surface area (Å²) in [5.74, 6) is 0.644. The van der Waals surface area contributed by atoms with Crippen molar-refractivity contribution in [1.82, 2.24) is 0 Å². The summed E-state index contributed by atoms with van der Waals surface area (Å²) in [5, 5.41) is 2.70. The van der Waals surface area contributed by atoms with E-state index in [1.807, 2.05) is 67.6 Å². The molecule has 1 atom stereocenters. The van der Waals surface area contributed by atoms with E-state index in [2.05, 4.69) is 5.32 Å². The van der Waals surface area contributed by atoms with Crippen LogP contribution in [0.2, 0.25) is 0 Å². The highest BCUT2D eigenvalue weighted by atomic mass is 16.5. The maximum Gasteiger partial charge on any atom is 0.306 e. The number of carbonyl (C=O) groups excluding carboxylic acids is 2. The van der Waals surface area contributed by atoms with Gasteiger partial charge in [-0.15, -0.1) is 0 Å². The second-order valence-electron chi connectivity index (χ2n) is 6.66. The first kappa shape index (κ1) is 20.1. The van der Waals surface area contributed by atoms with E-state index in [0.29, 0.717) is 11.4 Å². The molecule has 0 unspecified atom stereocenters. The third-order valence-corrected chi connectivity index (χ3v) is 4.32. The Bertz CT molecular complexity index is 924. The molecular weight excluding hydrogens is 366 g/mol. The molecule has 0 aliphatic rings. The number of nitrogens with one attached hydrogen (secondary N) is 1. The molecule has 3 aromatic carbocycles. The number of hydrogen-bond acceptors (Lipinski definition) is 4. The lowest BCUT2D eigenvalue weighted by molar-refractivity contribution is -0.147. The van der Waals surface area contributed by atoms with Crippen molar-refractivity contribution in [2.75, 3.05) is 11.9 Å². The maximum absolute atomic E-state index is 12.0. The van der Waals surface area contributed by atoms with E-state index in [-0.39, 0.29) is 24.9 Å². The quantitative estimate of drug-likeness (QED) is 0.541. The van der Waals surface area contributed by atoms with Crippen LogP contribution >= 0.6 is 0 Å². The first-order valence-electron chi connectivity index (χ1n) is 9.43. The Balaban J connectivity index is 1.42. The molecule has 0 aliphatic heterocycles. The molecule has 0 saturated heterocycles. The van der Waals surface area contributed by atoms with E-state index in [0.717, 1.165) is 11.3 Å². The average molecular weight is 389 g/mol. The molecule has 3 aromatic rings. The van der Waals surface area contributed by atoms with Crippen molar-refractivity contribution in [2.45, 2.75) is 19.3 Å². The lowest BCUT2D eigenvalue weighted by atomic mass is 9.98. The molecule has 0 spiro atoms. The minimum Gasteiger partial charge on any atom is -0.457 e. The summed E-state index contributed by atoms with van der Waals surface area (Å²) >= 11 is 0. The smallest absolute Gasteiger partial charge is 0.306 e. The van der Waals surface area contributed by atoms with Crippen LogP contribution in [0.4, 0.5) is 5.69 Å². The van der Waals surface area contributed by atoms with Crippen LogP contribution in [-0.2, 0) is 14.3 Å². The number of anilines is 1. The minimum absolute atomic E-state index is 0.0314. The number of amides is 1. The Kier molecular flexibility index (Phi) is 7.00. The number of hydrogen-bond donors (Lipinski definition) is 1. The van der Waals surface area contributed by atoms with Gasteiger partial charge in [0.2, 0.25) is 0 Å². The van der Waals surface area contributed by atoms with Crippen LogP contribution in [0.3, 0.4) is 0 Å². The number of esters is 1. The third kappa shape index (κ3) is 6.50. The zero-order valence-corrected chi connectivity index (χ0v) is 16.2. The number of para-hydroxylation sites is 1. The fraction of sp³-hybridized carbons (Fsp3) is 0.167. The number of benzene rings is 3. The summed E-state index contributed by atoms with van der Waals surface area (Å²) in [6.45, 7) is 1.64. The summed E-state index contributed by atoms with van der Waals surface area (Å²) in [7, 11) is 0. The van der Waals surface area contributed by atoms with Crippen LogP contribution in [0, 0.1) is 0 Å². The van der Waals surface area contributed by atoms with Gasteiger partial charge in [-0.3, -0.25) is 9.59 Å². The standard InChI is InChI=1S/C24H23NO4/c1-18(19-8-4-2-5-9-19)16-24(27)28-17-23(26)25-20-12-14-22(15-13-20)29-21-10-6-3-7-11-21/h2-15,18H,16-17H2,1H3,(H,25,26)/t18-/m1/s1. The normalized spacial score (nSPS) is 11.3. The van der Waals surface area contributed by atoms with Crippen molar-refractivity contribution in [1.29, 1.82) is 0 Å². The Hall–Kier alpha value is -3.60. The molecule has 1 amide bonds. The van der Waals surface area contributed by atoms with Gasteiger partial charge in [-0.05, 0) is 47.9 Å². The van der Waals surface area contributed by atoms with Crippen molar-refractivity contribution in [3.05, 3.63) is 90.5 Å². The van der Waals surface area contributed by atoms with Gasteiger partial charge in [0.25, 0.3) is 5.91 Å². The Labute approximate surface area is 170 Å². The van der Waals surface area contributed by atoms with Crippen molar-refractivity contribution in [2.24, 2.45) is 0 Å². The summed E-state index contributed by atoms with van der Waals surface area (Å²) in [5.41, 5.74) is 1.66. The minimum atomic E-state index is -0.400. The number of rotatable bonds is 8. The molecule has 3 rings (SSSR count). The molecular formula is C24H23NO4. The van der Waals surface area contributed by atoms with Crippen LogP contribution < -0.4 is 10.1 Å². The zero-order valence-electron chi connectivity index (χ0n) is 16.2. The second kappa shape index (κ2) is 10.1. The van der Waals surface area contributed by atoms with Crippen molar-refractivity contribution >= 4 is 17.6 Å². The van der Waals surface area contributed by atoms with Gasteiger partial charge in [0.05, 0.1) is 6.42 Å². The fourth-order valence-electron chi connectivity index (χ4n) is 2.78. The fourth-order valence-corrected chi connectivity index (χ4v) is 2.78. The topological polar surface area (TPSA) is 64.6 Å². The van der Waals surface area contributed by atoms with Gasteiger partial charge in [0.1, 0.15) is 11.5 Å².